The Morgan fingerprint density at radius 3 is 2.58 bits per heavy atom. The molecule has 4 rings (SSSR count). The average Bonchev–Trinajstić information content (AvgIpc) is 3.17. The maximum Gasteiger partial charge on any atom is 0.244 e. The largest absolute Gasteiger partial charge is 0.494 e. The number of H-pyrrole nitrogens is 1. The summed E-state index contributed by atoms with van der Waals surface area (Å²) in [4.78, 5) is 0. The van der Waals surface area contributed by atoms with Crippen LogP contribution >= 0.6 is 11.6 Å². The molecule has 1 atom stereocenters. The Morgan fingerprint density at radius 2 is 1.90 bits per heavy atom. The van der Waals surface area contributed by atoms with Crippen LogP contribution in [0.25, 0.3) is 11.3 Å². The molecular weight excluding hydrogens is 416 g/mol. The van der Waals surface area contributed by atoms with Crippen molar-refractivity contribution in [1.82, 2.24) is 10.2 Å². The van der Waals surface area contributed by atoms with Crippen molar-refractivity contribution in [3.05, 3.63) is 70.1 Å². The molecule has 158 valence electrons. The van der Waals surface area contributed by atoms with Crippen molar-refractivity contribution >= 4 is 11.6 Å². The number of hydrogen-bond acceptors (Lipinski definition) is 6. The summed E-state index contributed by atoms with van der Waals surface area (Å²) < 4.78 is 17.2. The minimum Gasteiger partial charge on any atom is -0.494 e. The van der Waals surface area contributed by atoms with E-state index < -0.39 is 5.92 Å². The Balaban J connectivity index is 1.91. The van der Waals surface area contributed by atoms with Crippen LogP contribution in [-0.2, 0) is 0 Å². The first-order valence-corrected chi connectivity index (χ1v) is 10.3. The number of rotatable bonds is 6. The lowest BCUT2D eigenvalue weighted by Gasteiger charge is -2.24. The van der Waals surface area contributed by atoms with E-state index in [0.717, 1.165) is 11.1 Å². The summed E-state index contributed by atoms with van der Waals surface area (Å²) in [7, 11) is 0. The van der Waals surface area contributed by atoms with Gasteiger partial charge in [0.15, 0.2) is 0 Å². The molecule has 8 heteroatoms. The summed E-state index contributed by atoms with van der Waals surface area (Å²) in [6.45, 7) is 4.86. The maximum atomic E-state index is 9.84. The molecule has 3 aromatic rings. The van der Waals surface area contributed by atoms with Crippen molar-refractivity contribution < 1.29 is 14.2 Å². The van der Waals surface area contributed by atoms with Gasteiger partial charge in [-0.15, -0.1) is 5.10 Å². The minimum atomic E-state index is -0.471. The van der Waals surface area contributed by atoms with Gasteiger partial charge in [-0.1, -0.05) is 23.7 Å². The quantitative estimate of drug-likeness (QED) is 0.577. The number of fused-ring (bicyclic) bond motifs is 1. The lowest BCUT2D eigenvalue weighted by Crippen LogP contribution is -2.21. The van der Waals surface area contributed by atoms with Gasteiger partial charge in [0.1, 0.15) is 23.1 Å². The summed E-state index contributed by atoms with van der Waals surface area (Å²) in [6, 6.07) is 15.1. The molecule has 0 saturated carbocycles. The molecule has 1 unspecified atom stereocenters. The van der Waals surface area contributed by atoms with Crippen LogP contribution in [0, 0.1) is 11.3 Å². The van der Waals surface area contributed by atoms with Crippen molar-refractivity contribution in [2.75, 3.05) is 13.2 Å². The van der Waals surface area contributed by atoms with E-state index in [-0.39, 0.29) is 5.88 Å². The first-order valence-electron chi connectivity index (χ1n) is 9.88. The van der Waals surface area contributed by atoms with Gasteiger partial charge >= 0.3 is 0 Å². The van der Waals surface area contributed by atoms with E-state index in [1.807, 2.05) is 44.2 Å². The van der Waals surface area contributed by atoms with E-state index in [0.29, 0.717) is 52.4 Å². The number of allylic oxidation sites excluding steroid dienone is 1. The highest BCUT2D eigenvalue weighted by Crippen LogP contribution is 2.47. The third-order valence-electron chi connectivity index (χ3n) is 4.98. The third-order valence-corrected chi connectivity index (χ3v) is 5.23. The van der Waals surface area contributed by atoms with E-state index in [4.69, 9.17) is 31.5 Å². The van der Waals surface area contributed by atoms with Gasteiger partial charge < -0.3 is 19.9 Å². The number of aromatic amines is 1. The number of hydrogen-bond donors (Lipinski definition) is 2. The minimum absolute atomic E-state index is 0.0322. The van der Waals surface area contributed by atoms with Gasteiger partial charge in [0, 0.05) is 16.7 Å². The summed E-state index contributed by atoms with van der Waals surface area (Å²) in [6.07, 6.45) is 0. The number of nitrogens with one attached hydrogen (secondary N) is 1. The fourth-order valence-corrected chi connectivity index (χ4v) is 3.81. The van der Waals surface area contributed by atoms with Crippen LogP contribution in [0.4, 0.5) is 0 Å². The maximum absolute atomic E-state index is 9.84. The summed E-state index contributed by atoms with van der Waals surface area (Å²) in [5, 5.41) is 17.8. The van der Waals surface area contributed by atoms with E-state index in [9.17, 15) is 5.26 Å². The molecule has 31 heavy (non-hydrogen) atoms. The fraction of sp³-hybridized carbons (Fsp3) is 0.217. The van der Waals surface area contributed by atoms with Crippen LogP contribution < -0.4 is 19.9 Å². The Morgan fingerprint density at radius 1 is 1.16 bits per heavy atom. The number of ether oxygens (including phenoxy) is 3. The van der Waals surface area contributed by atoms with Crippen molar-refractivity contribution in [1.29, 1.82) is 5.26 Å². The Hall–Kier alpha value is -3.63. The number of halogens is 1. The zero-order valence-corrected chi connectivity index (χ0v) is 17.9. The van der Waals surface area contributed by atoms with Crippen molar-refractivity contribution in [2.45, 2.75) is 19.8 Å². The van der Waals surface area contributed by atoms with E-state index >= 15 is 0 Å². The van der Waals surface area contributed by atoms with Gasteiger partial charge in [0.05, 0.1) is 30.4 Å². The third kappa shape index (κ3) is 3.78. The lowest BCUT2D eigenvalue weighted by molar-refractivity contribution is 0.324. The first kappa shape index (κ1) is 20.6. The molecule has 0 aliphatic carbocycles. The number of aromatic nitrogens is 2. The SMILES string of the molecule is CCOc1ccc(-c2[nH]nc3c2C(c2ccc(Cl)cc2)C(C#N)=C(N)O3)c(OCC)c1. The number of nitrogens with zero attached hydrogens (tertiary/aromatic N) is 2. The molecule has 1 aromatic heterocycles. The van der Waals surface area contributed by atoms with Crippen LogP contribution in [-0.4, -0.2) is 23.4 Å². The van der Waals surface area contributed by atoms with Gasteiger partial charge in [-0.3, -0.25) is 5.10 Å². The van der Waals surface area contributed by atoms with E-state index in [2.05, 4.69) is 16.3 Å². The van der Waals surface area contributed by atoms with Crippen molar-refractivity contribution in [3.8, 4) is 34.7 Å². The van der Waals surface area contributed by atoms with Crippen LogP contribution in [0.3, 0.4) is 0 Å². The molecule has 2 aromatic carbocycles. The zero-order chi connectivity index (χ0) is 22.0. The van der Waals surface area contributed by atoms with Gasteiger partial charge in [0.25, 0.3) is 0 Å². The molecule has 0 saturated heterocycles. The molecule has 0 bridgehead atoms. The molecule has 0 radical (unpaired) electrons. The molecule has 0 spiro atoms. The van der Waals surface area contributed by atoms with Crippen LogP contribution in [0.15, 0.2) is 53.9 Å². The second-order valence-corrected chi connectivity index (χ2v) is 7.25. The number of benzene rings is 2. The molecular formula is C23H21ClN4O3. The Labute approximate surface area is 185 Å². The fourth-order valence-electron chi connectivity index (χ4n) is 3.68. The highest BCUT2D eigenvalue weighted by atomic mass is 35.5. The molecule has 3 N–H and O–H groups in total. The summed E-state index contributed by atoms with van der Waals surface area (Å²) in [5.74, 6) is 1.22. The molecule has 1 aliphatic heterocycles. The van der Waals surface area contributed by atoms with Gasteiger partial charge in [0.2, 0.25) is 11.8 Å². The Bertz CT molecular complexity index is 1180. The second kappa shape index (κ2) is 8.62. The number of nitrogens with two attached hydrogens (primary N) is 1. The van der Waals surface area contributed by atoms with E-state index in [1.165, 1.54) is 0 Å². The van der Waals surface area contributed by atoms with Crippen LogP contribution in [0.2, 0.25) is 5.02 Å². The topological polar surface area (TPSA) is 106 Å². The smallest absolute Gasteiger partial charge is 0.244 e. The standard InChI is InChI=1S/C23H21ClN4O3/c1-3-29-15-9-10-16(18(11-15)30-4-2)21-20-19(13-5-7-14(24)8-6-13)17(12-25)22(26)31-23(20)28-27-21/h5-11,19H,3-4,26H2,1-2H3,(H,27,28). The van der Waals surface area contributed by atoms with Crippen LogP contribution in [0.5, 0.6) is 17.4 Å². The number of nitriles is 1. The molecule has 1 aliphatic rings. The highest BCUT2D eigenvalue weighted by molar-refractivity contribution is 6.30. The van der Waals surface area contributed by atoms with Gasteiger partial charge in [-0.05, 0) is 43.7 Å². The van der Waals surface area contributed by atoms with Crippen molar-refractivity contribution in [3.63, 3.8) is 0 Å². The molecule has 0 fully saturated rings. The molecule has 7 nitrogen and oxygen atoms in total. The summed E-state index contributed by atoms with van der Waals surface area (Å²) >= 11 is 6.08. The van der Waals surface area contributed by atoms with E-state index in [1.54, 1.807) is 12.1 Å². The van der Waals surface area contributed by atoms with Gasteiger partial charge in [-0.25, -0.2) is 0 Å². The predicted molar refractivity (Wildman–Crippen MR) is 117 cm³/mol. The monoisotopic (exact) mass is 436 g/mol. The normalized spacial score (nSPS) is 15.1. The molecule has 0 amide bonds. The molecule has 2 heterocycles. The van der Waals surface area contributed by atoms with Crippen LogP contribution in [0.1, 0.15) is 30.9 Å². The average molecular weight is 437 g/mol. The Kier molecular flexibility index (Phi) is 5.74. The second-order valence-electron chi connectivity index (χ2n) is 6.82. The summed E-state index contributed by atoms with van der Waals surface area (Å²) in [5.41, 5.74) is 9.37. The van der Waals surface area contributed by atoms with Crippen molar-refractivity contribution in [2.24, 2.45) is 5.73 Å². The first-order chi connectivity index (χ1) is 15.1. The predicted octanol–water partition coefficient (Wildman–Crippen LogP) is 4.75. The lowest BCUT2D eigenvalue weighted by atomic mass is 9.83. The zero-order valence-electron chi connectivity index (χ0n) is 17.1. The highest BCUT2D eigenvalue weighted by Gasteiger charge is 2.36. The van der Waals surface area contributed by atoms with Gasteiger partial charge in [-0.2, -0.15) is 5.26 Å².